The highest BCUT2D eigenvalue weighted by molar-refractivity contribution is 5.79. The number of fused-ring (bicyclic) bond motifs is 2. The molecule has 2 aliphatic heterocycles. The van der Waals surface area contributed by atoms with Crippen LogP contribution in [0, 0.1) is 0 Å². The van der Waals surface area contributed by atoms with Gasteiger partial charge in [-0.15, -0.1) is 0 Å². The quantitative estimate of drug-likeness (QED) is 0.756. The number of nitrogens with one attached hydrogen (secondary N) is 1. The summed E-state index contributed by atoms with van der Waals surface area (Å²) in [6, 6.07) is 8.09. The average Bonchev–Trinajstić information content (AvgIpc) is 3.39. The number of carbonyl (C=O) groups is 1. The SMILES string of the molecule is O=C(CCn1ncc2ccccc21)N1CCC[C@H]1c1ncc2c(n1)CCNC2. The van der Waals surface area contributed by atoms with Gasteiger partial charge in [-0.2, -0.15) is 5.10 Å². The van der Waals surface area contributed by atoms with Crippen molar-refractivity contribution in [3.63, 3.8) is 0 Å². The fourth-order valence-corrected chi connectivity index (χ4v) is 4.29. The lowest BCUT2D eigenvalue weighted by Crippen LogP contribution is -2.33. The van der Waals surface area contributed by atoms with Crippen molar-refractivity contribution in [2.45, 2.75) is 44.8 Å². The molecule has 2 aliphatic rings. The van der Waals surface area contributed by atoms with E-state index in [0.717, 1.165) is 61.3 Å². The second-order valence-electron chi connectivity index (χ2n) is 7.55. The lowest BCUT2D eigenvalue weighted by molar-refractivity contribution is -0.132. The molecule has 0 unspecified atom stereocenters. The summed E-state index contributed by atoms with van der Waals surface area (Å²) < 4.78 is 1.92. The smallest absolute Gasteiger partial charge is 0.225 e. The maximum Gasteiger partial charge on any atom is 0.225 e. The number of amides is 1. The Morgan fingerprint density at radius 3 is 3.14 bits per heavy atom. The van der Waals surface area contributed by atoms with E-state index in [1.165, 1.54) is 5.56 Å². The molecule has 0 aliphatic carbocycles. The van der Waals surface area contributed by atoms with Crippen LogP contribution in [0.4, 0.5) is 0 Å². The molecule has 4 heterocycles. The van der Waals surface area contributed by atoms with Crippen LogP contribution in [-0.4, -0.2) is 43.6 Å². The van der Waals surface area contributed by atoms with Gasteiger partial charge in [-0.3, -0.25) is 9.48 Å². The van der Waals surface area contributed by atoms with Crippen molar-refractivity contribution in [3.05, 3.63) is 53.7 Å². The summed E-state index contributed by atoms with van der Waals surface area (Å²) in [5.41, 5.74) is 3.38. The number of likely N-dealkylation sites (tertiary alicyclic amines) is 1. The number of rotatable bonds is 4. The zero-order valence-corrected chi connectivity index (χ0v) is 15.8. The largest absolute Gasteiger partial charge is 0.332 e. The van der Waals surface area contributed by atoms with E-state index in [1.807, 2.05) is 46.2 Å². The van der Waals surface area contributed by atoms with E-state index in [1.54, 1.807) is 0 Å². The standard InChI is InChI=1S/C21H24N6O/c28-20(8-11-27-18-5-2-1-4-15(18)14-24-27)26-10-3-6-19(26)21-23-13-16-12-22-9-7-17(16)25-21/h1-2,4-5,13-14,19,22H,3,6-12H2/t19-/m0/s1. The maximum absolute atomic E-state index is 13.0. The van der Waals surface area contributed by atoms with Gasteiger partial charge in [0, 0.05) is 55.3 Å². The third-order valence-corrected chi connectivity index (χ3v) is 5.79. The van der Waals surface area contributed by atoms with Crippen molar-refractivity contribution < 1.29 is 4.79 Å². The number of hydrogen-bond acceptors (Lipinski definition) is 5. The van der Waals surface area contributed by atoms with Gasteiger partial charge >= 0.3 is 0 Å². The van der Waals surface area contributed by atoms with E-state index in [2.05, 4.69) is 15.4 Å². The molecule has 1 fully saturated rings. The molecule has 28 heavy (non-hydrogen) atoms. The lowest BCUT2D eigenvalue weighted by Gasteiger charge is -2.25. The molecular weight excluding hydrogens is 352 g/mol. The number of carbonyl (C=O) groups excluding carboxylic acids is 1. The Morgan fingerprint density at radius 1 is 1.25 bits per heavy atom. The van der Waals surface area contributed by atoms with Gasteiger partial charge in [0.05, 0.1) is 24.3 Å². The summed E-state index contributed by atoms with van der Waals surface area (Å²) in [6.45, 7) is 3.16. The second kappa shape index (κ2) is 7.31. The molecule has 1 amide bonds. The predicted octanol–water partition coefficient (Wildman–Crippen LogP) is 2.23. The summed E-state index contributed by atoms with van der Waals surface area (Å²) in [7, 11) is 0. The van der Waals surface area contributed by atoms with Crippen molar-refractivity contribution in [1.82, 2.24) is 30.0 Å². The Kier molecular flexibility index (Phi) is 4.52. The molecule has 3 aromatic rings. The van der Waals surface area contributed by atoms with Crippen LogP contribution in [-0.2, 0) is 24.3 Å². The first-order valence-electron chi connectivity index (χ1n) is 10.0. The molecule has 7 nitrogen and oxygen atoms in total. The fraction of sp³-hybridized carbons (Fsp3) is 0.429. The molecule has 1 N–H and O–H groups in total. The third kappa shape index (κ3) is 3.16. The molecule has 7 heteroatoms. The van der Waals surface area contributed by atoms with Gasteiger partial charge in [0.15, 0.2) is 5.82 Å². The molecule has 1 aromatic carbocycles. The molecule has 1 saturated heterocycles. The molecule has 0 saturated carbocycles. The van der Waals surface area contributed by atoms with Gasteiger partial charge in [0.2, 0.25) is 5.91 Å². The molecule has 1 atom stereocenters. The number of hydrogen-bond donors (Lipinski definition) is 1. The Bertz CT molecular complexity index is 1010. The minimum atomic E-state index is 0.00190. The van der Waals surface area contributed by atoms with Gasteiger partial charge in [0.1, 0.15) is 0 Å². The van der Waals surface area contributed by atoms with E-state index in [9.17, 15) is 4.79 Å². The number of benzene rings is 1. The summed E-state index contributed by atoms with van der Waals surface area (Å²) in [4.78, 5) is 24.3. The summed E-state index contributed by atoms with van der Waals surface area (Å²) in [6.07, 6.45) is 7.10. The van der Waals surface area contributed by atoms with Crippen molar-refractivity contribution >= 4 is 16.8 Å². The number of para-hydroxylation sites is 1. The molecule has 0 bridgehead atoms. The average molecular weight is 376 g/mol. The zero-order valence-electron chi connectivity index (χ0n) is 15.8. The van der Waals surface area contributed by atoms with Gasteiger partial charge in [-0.25, -0.2) is 9.97 Å². The van der Waals surface area contributed by atoms with Crippen LogP contribution in [0.2, 0.25) is 0 Å². The summed E-state index contributed by atoms with van der Waals surface area (Å²) in [5, 5.41) is 8.88. The zero-order chi connectivity index (χ0) is 18.9. The van der Waals surface area contributed by atoms with Crippen molar-refractivity contribution in [1.29, 1.82) is 0 Å². The molecule has 0 spiro atoms. The van der Waals surface area contributed by atoms with Crippen LogP contribution in [0.25, 0.3) is 10.9 Å². The second-order valence-corrected chi connectivity index (χ2v) is 7.55. The monoisotopic (exact) mass is 376 g/mol. The van der Waals surface area contributed by atoms with E-state index in [4.69, 9.17) is 4.98 Å². The molecule has 144 valence electrons. The number of aromatic nitrogens is 4. The van der Waals surface area contributed by atoms with E-state index in [0.29, 0.717) is 13.0 Å². The van der Waals surface area contributed by atoms with Gasteiger partial charge in [0.25, 0.3) is 0 Å². The van der Waals surface area contributed by atoms with Crippen LogP contribution in [0.15, 0.2) is 36.7 Å². The van der Waals surface area contributed by atoms with Crippen LogP contribution >= 0.6 is 0 Å². The number of nitrogens with zero attached hydrogens (tertiary/aromatic N) is 5. The van der Waals surface area contributed by atoms with Gasteiger partial charge in [-0.1, -0.05) is 18.2 Å². The number of aryl methyl sites for hydroxylation is 1. The lowest BCUT2D eigenvalue weighted by atomic mass is 10.1. The van der Waals surface area contributed by atoms with E-state index < -0.39 is 0 Å². The Labute approximate surface area is 163 Å². The summed E-state index contributed by atoms with van der Waals surface area (Å²) >= 11 is 0. The van der Waals surface area contributed by atoms with Gasteiger partial charge < -0.3 is 10.2 Å². The Morgan fingerprint density at radius 2 is 2.18 bits per heavy atom. The topological polar surface area (TPSA) is 75.9 Å². The van der Waals surface area contributed by atoms with Crippen molar-refractivity contribution in [2.75, 3.05) is 13.1 Å². The van der Waals surface area contributed by atoms with E-state index >= 15 is 0 Å². The Balaban J connectivity index is 1.30. The first-order chi connectivity index (χ1) is 13.8. The highest BCUT2D eigenvalue weighted by Gasteiger charge is 2.32. The van der Waals surface area contributed by atoms with Gasteiger partial charge in [-0.05, 0) is 18.9 Å². The maximum atomic E-state index is 13.0. The van der Waals surface area contributed by atoms with E-state index in [-0.39, 0.29) is 11.9 Å². The first kappa shape index (κ1) is 17.3. The van der Waals surface area contributed by atoms with Crippen LogP contribution in [0.5, 0.6) is 0 Å². The minimum Gasteiger partial charge on any atom is -0.332 e. The fourth-order valence-electron chi connectivity index (χ4n) is 4.29. The molecular formula is C21H24N6O. The Hall–Kier alpha value is -2.80. The highest BCUT2D eigenvalue weighted by Crippen LogP contribution is 2.31. The predicted molar refractivity (Wildman–Crippen MR) is 105 cm³/mol. The van der Waals surface area contributed by atoms with Crippen LogP contribution < -0.4 is 5.32 Å². The first-order valence-corrected chi connectivity index (χ1v) is 10.0. The molecule has 5 rings (SSSR count). The third-order valence-electron chi connectivity index (χ3n) is 5.79. The minimum absolute atomic E-state index is 0.00190. The summed E-state index contributed by atoms with van der Waals surface area (Å²) in [5.74, 6) is 0.959. The van der Waals surface area contributed by atoms with Crippen molar-refractivity contribution in [2.24, 2.45) is 0 Å². The van der Waals surface area contributed by atoms with Crippen LogP contribution in [0.1, 0.15) is 42.4 Å². The van der Waals surface area contributed by atoms with Crippen LogP contribution in [0.3, 0.4) is 0 Å². The highest BCUT2D eigenvalue weighted by atomic mass is 16.2. The van der Waals surface area contributed by atoms with Crippen molar-refractivity contribution in [3.8, 4) is 0 Å². The molecule has 2 aromatic heterocycles. The molecule has 0 radical (unpaired) electrons. The normalized spacial score (nSPS) is 19.1.